The number of para-hydroxylation sites is 2. The molecule has 21 heavy (non-hydrogen) atoms. The molecule has 0 radical (unpaired) electrons. The Morgan fingerprint density at radius 1 is 1.00 bits per heavy atom. The maximum atomic E-state index is 10.3. The summed E-state index contributed by atoms with van der Waals surface area (Å²) in [6, 6.07) is 18.9. The summed E-state index contributed by atoms with van der Waals surface area (Å²) in [5, 5.41) is 18.2. The van der Waals surface area contributed by atoms with E-state index in [0.29, 0.717) is 5.69 Å². The van der Waals surface area contributed by atoms with Crippen molar-refractivity contribution < 1.29 is 9.84 Å². The summed E-state index contributed by atoms with van der Waals surface area (Å²) < 4.78 is 7.17. The number of hydrogen-bond acceptors (Lipinski definition) is 4. The summed E-state index contributed by atoms with van der Waals surface area (Å²) in [5.41, 5.74) is 1.45. The second-order valence-electron chi connectivity index (χ2n) is 4.55. The fraction of sp³-hybridized carbons (Fsp3) is 0.125. The molecule has 0 fully saturated rings. The monoisotopic (exact) mass is 281 g/mol. The summed E-state index contributed by atoms with van der Waals surface area (Å²) in [6.07, 6.45) is 0.742. The zero-order valence-electron chi connectivity index (χ0n) is 11.3. The molecule has 0 amide bonds. The number of hydrogen-bond donors (Lipinski definition) is 1. The highest BCUT2D eigenvalue weighted by Gasteiger charge is 2.16. The van der Waals surface area contributed by atoms with Crippen molar-refractivity contribution in [2.75, 3.05) is 6.61 Å². The molecule has 5 heteroatoms. The first-order chi connectivity index (χ1) is 10.3. The van der Waals surface area contributed by atoms with Gasteiger partial charge < -0.3 is 9.84 Å². The Bertz CT molecular complexity index is 683. The second-order valence-corrected chi connectivity index (χ2v) is 4.55. The molecule has 106 valence electrons. The lowest BCUT2D eigenvalue weighted by atomic mass is 10.2. The van der Waals surface area contributed by atoms with Crippen molar-refractivity contribution in [3.05, 3.63) is 72.6 Å². The van der Waals surface area contributed by atoms with Crippen molar-refractivity contribution in [1.82, 2.24) is 15.0 Å². The van der Waals surface area contributed by atoms with Gasteiger partial charge in [0.2, 0.25) is 0 Å². The lowest BCUT2D eigenvalue weighted by Gasteiger charge is -2.13. The molecule has 3 aromatic rings. The molecule has 0 spiro atoms. The van der Waals surface area contributed by atoms with Gasteiger partial charge in [-0.05, 0) is 24.3 Å². The van der Waals surface area contributed by atoms with Crippen LogP contribution in [0.4, 0.5) is 0 Å². The van der Waals surface area contributed by atoms with Gasteiger partial charge in [-0.2, -0.15) is 0 Å². The van der Waals surface area contributed by atoms with Gasteiger partial charge in [-0.1, -0.05) is 41.6 Å². The molecular formula is C16H15N3O2. The van der Waals surface area contributed by atoms with Gasteiger partial charge >= 0.3 is 0 Å². The first-order valence-electron chi connectivity index (χ1n) is 6.66. The van der Waals surface area contributed by atoms with Crippen LogP contribution in [0.1, 0.15) is 11.8 Å². The van der Waals surface area contributed by atoms with Crippen molar-refractivity contribution in [3.8, 4) is 11.4 Å². The Hall–Kier alpha value is -2.66. The fourth-order valence-electron chi connectivity index (χ4n) is 2.02. The molecule has 1 heterocycles. The highest BCUT2D eigenvalue weighted by molar-refractivity contribution is 5.32. The fourth-order valence-corrected chi connectivity index (χ4v) is 2.02. The van der Waals surface area contributed by atoms with Gasteiger partial charge in [0, 0.05) is 0 Å². The van der Waals surface area contributed by atoms with E-state index in [1.165, 1.54) is 0 Å². The largest absolute Gasteiger partial charge is 0.490 e. The van der Waals surface area contributed by atoms with Crippen LogP contribution in [0.3, 0.4) is 0 Å². The van der Waals surface area contributed by atoms with Crippen LogP contribution >= 0.6 is 0 Å². The molecule has 1 N–H and O–H groups in total. The Labute approximate surface area is 122 Å². The van der Waals surface area contributed by atoms with Crippen LogP contribution < -0.4 is 4.74 Å². The van der Waals surface area contributed by atoms with Gasteiger partial charge in [0.1, 0.15) is 18.5 Å². The molecule has 0 aliphatic carbocycles. The van der Waals surface area contributed by atoms with Crippen molar-refractivity contribution in [1.29, 1.82) is 0 Å². The van der Waals surface area contributed by atoms with Crippen LogP contribution in [0.2, 0.25) is 0 Å². The second kappa shape index (κ2) is 6.19. The minimum absolute atomic E-state index is 0.143. The summed E-state index contributed by atoms with van der Waals surface area (Å²) >= 11 is 0. The minimum atomic E-state index is -0.805. The van der Waals surface area contributed by atoms with E-state index in [1.807, 2.05) is 60.7 Å². The highest BCUT2D eigenvalue weighted by Crippen LogP contribution is 2.18. The van der Waals surface area contributed by atoms with Crippen LogP contribution in [0, 0.1) is 0 Å². The highest BCUT2D eigenvalue weighted by atomic mass is 16.5. The molecule has 1 atom stereocenters. The number of aliphatic hydroxyl groups is 1. The van der Waals surface area contributed by atoms with E-state index in [1.54, 1.807) is 10.9 Å². The molecule has 0 bridgehead atoms. The van der Waals surface area contributed by atoms with E-state index in [0.717, 1.165) is 11.4 Å². The van der Waals surface area contributed by atoms with Gasteiger partial charge in [0.15, 0.2) is 0 Å². The van der Waals surface area contributed by atoms with E-state index in [2.05, 4.69) is 10.3 Å². The molecule has 3 rings (SSSR count). The van der Waals surface area contributed by atoms with Crippen molar-refractivity contribution in [2.45, 2.75) is 6.10 Å². The molecule has 2 aromatic carbocycles. The predicted octanol–water partition coefficient (Wildman–Crippen LogP) is 2.38. The Balaban J connectivity index is 1.74. The van der Waals surface area contributed by atoms with Gasteiger partial charge in [-0.15, -0.1) is 5.10 Å². The number of rotatable bonds is 5. The minimum Gasteiger partial charge on any atom is -0.490 e. The smallest absolute Gasteiger partial charge is 0.132 e. The Morgan fingerprint density at radius 2 is 1.67 bits per heavy atom. The number of benzene rings is 2. The lowest BCUT2D eigenvalue weighted by Crippen LogP contribution is -2.14. The van der Waals surface area contributed by atoms with E-state index in [4.69, 9.17) is 4.74 Å². The maximum Gasteiger partial charge on any atom is 0.132 e. The number of aromatic nitrogens is 3. The van der Waals surface area contributed by atoms with Crippen molar-refractivity contribution >= 4 is 0 Å². The third-order valence-corrected chi connectivity index (χ3v) is 3.07. The van der Waals surface area contributed by atoms with E-state index < -0.39 is 6.10 Å². The molecule has 5 nitrogen and oxygen atoms in total. The lowest BCUT2D eigenvalue weighted by molar-refractivity contribution is 0.102. The normalized spacial score (nSPS) is 12.0. The quantitative estimate of drug-likeness (QED) is 0.780. The first-order valence-corrected chi connectivity index (χ1v) is 6.66. The van der Waals surface area contributed by atoms with E-state index >= 15 is 0 Å². The molecule has 0 aliphatic rings. The number of aliphatic hydroxyl groups excluding tert-OH is 1. The average molecular weight is 281 g/mol. The number of nitrogens with zero attached hydrogens (tertiary/aromatic N) is 3. The van der Waals surface area contributed by atoms with Crippen molar-refractivity contribution in [2.24, 2.45) is 0 Å². The Kier molecular flexibility index (Phi) is 3.93. The molecule has 0 aliphatic heterocycles. The average Bonchev–Trinajstić information content (AvgIpc) is 3.04. The van der Waals surface area contributed by atoms with E-state index in [-0.39, 0.29) is 6.61 Å². The zero-order valence-corrected chi connectivity index (χ0v) is 11.3. The molecular weight excluding hydrogens is 266 g/mol. The van der Waals surface area contributed by atoms with E-state index in [9.17, 15) is 5.11 Å². The van der Waals surface area contributed by atoms with Crippen LogP contribution in [0.5, 0.6) is 5.75 Å². The molecule has 0 saturated carbocycles. The predicted molar refractivity (Wildman–Crippen MR) is 78.3 cm³/mol. The van der Waals surface area contributed by atoms with Gasteiger partial charge in [-0.25, -0.2) is 4.68 Å². The summed E-state index contributed by atoms with van der Waals surface area (Å²) in [5.74, 6) is 0.718. The molecule has 1 aromatic heterocycles. The van der Waals surface area contributed by atoms with Crippen molar-refractivity contribution in [3.63, 3.8) is 0 Å². The van der Waals surface area contributed by atoms with Crippen LogP contribution in [0.25, 0.3) is 5.69 Å². The molecule has 0 saturated heterocycles. The third kappa shape index (κ3) is 3.09. The SMILES string of the molecule is OC(COc1ccccc1)c1cnnn1-c1ccccc1. The van der Waals surface area contributed by atoms with Gasteiger partial charge in [0.05, 0.1) is 17.6 Å². The summed E-state index contributed by atoms with van der Waals surface area (Å²) in [7, 11) is 0. The third-order valence-electron chi connectivity index (χ3n) is 3.07. The first kappa shape index (κ1) is 13.3. The number of ether oxygens (including phenoxy) is 1. The molecule has 1 unspecified atom stereocenters. The topological polar surface area (TPSA) is 60.2 Å². The van der Waals surface area contributed by atoms with Gasteiger partial charge in [0.25, 0.3) is 0 Å². The van der Waals surface area contributed by atoms with Crippen LogP contribution in [0.15, 0.2) is 66.9 Å². The summed E-state index contributed by atoms with van der Waals surface area (Å²) in [6.45, 7) is 0.143. The summed E-state index contributed by atoms with van der Waals surface area (Å²) in [4.78, 5) is 0. The Morgan fingerprint density at radius 3 is 2.38 bits per heavy atom. The van der Waals surface area contributed by atoms with Crippen LogP contribution in [-0.4, -0.2) is 26.7 Å². The maximum absolute atomic E-state index is 10.3. The van der Waals surface area contributed by atoms with Gasteiger partial charge in [-0.3, -0.25) is 0 Å². The zero-order chi connectivity index (χ0) is 14.5. The van der Waals surface area contributed by atoms with Crippen LogP contribution in [-0.2, 0) is 0 Å². The standard InChI is InChI=1S/C16H15N3O2/c20-16(12-21-14-9-5-2-6-10-14)15-11-17-18-19(15)13-7-3-1-4-8-13/h1-11,16,20H,12H2.